The first kappa shape index (κ1) is 16.8. The van der Waals surface area contributed by atoms with Gasteiger partial charge in [0.05, 0.1) is 6.61 Å². The first-order valence-electron chi connectivity index (χ1n) is 8.54. The molecular formula is C20H19BrO4. The first-order chi connectivity index (χ1) is 12.2. The highest BCUT2D eigenvalue weighted by molar-refractivity contribution is 9.10. The van der Waals surface area contributed by atoms with Crippen molar-refractivity contribution in [2.24, 2.45) is 0 Å². The molecule has 2 aromatic carbocycles. The van der Waals surface area contributed by atoms with E-state index < -0.39 is 6.10 Å². The van der Waals surface area contributed by atoms with Gasteiger partial charge < -0.3 is 14.2 Å². The van der Waals surface area contributed by atoms with Crippen LogP contribution < -0.4 is 4.74 Å². The number of carbonyl (C=O) groups excluding carboxylic acids is 1. The van der Waals surface area contributed by atoms with Crippen molar-refractivity contribution in [3.8, 4) is 5.75 Å². The molecule has 2 saturated heterocycles. The van der Waals surface area contributed by atoms with Gasteiger partial charge in [0.25, 0.3) is 0 Å². The lowest BCUT2D eigenvalue weighted by atomic mass is 10.0. The standard InChI is InChI=1S/C20H19BrO4/c21-15-8-4-13(5-9-15)18(22)20-19(25-20)14-6-10-16(11-7-14)24-17-3-1-2-12-23-17/h4-11,17,19-20H,1-3,12H2. The van der Waals surface area contributed by atoms with E-state index in [0.717, 1.165) is 41.7 Å². The molecule has 0 amide bonds. The predicted octanol–water partition coefficient (Wildman–Crippen LogP) is 4.68. The van der Waals surface area contributed by atoms with Crippen LogP contribution in [0.4, 0.5) is 0 Å². The van der Waals surface area contributed by atoms with E-state index in [1.54, 1.807) is 0 Å². The Morgan fingerprint density at radius 2 is 1.80 bits per heavy atom. The van der Waals surface area contributed by atoms with E-state index >= 15 is 0 Å². The number of hydrogen-bond donors (Lipinski definition) is 0. The van der Waals surface area contributed by atoms with Gasteiger partial charge in [0.15, 0.2) is 18.2 Å². The van der Waals surface area contributed by atoms with E-state index in [0.29, 0.717) is 5.56 Å². The molecule has 2 fully saturated rings. The molecule has 2 aromatic rings. The number of Topliss-reactive ketones (excluding diaryl/α,β-unsaturated/α-hetero) is 1. The number of ether oxygens (including phenoxy) is 3. The topological polar surface area (TPSA) is 48.1 Å². The van der Waals surface area contributed by atoms with Gasteiger partial charge in [0.2, 0.25) is 0 Å². The van der Waals surface area contributed by atoms with Crippen molar-refractivity contribution in [1.29, 1.82) is 0 Å². The van der Waals surface area contributed by atoms with Crippen molar-refractivity contribution in [3.05, 3.63) is 64.1 Å². The summed E-state index contributed by atoms with van der Waals surface area (Å²) < 4.78 is 18.0. The van der Waals surface area contributed by atoms with Gasteiger partial charge in [-0.15, -0.1) is 0 Å². The van der Waals surface area contributed by atoms with Crippen LogP contribution in [0.15, 0.2) is 53.0 Å². The summed E-state index contributed by atoms with van der Waals surface area (Å²) in [7, 11) is 0. The summed E-state index contributed by atoms with van der Waals surface area (Å²) >= 11 is 3.37. The molecule has 2 aliphatic heterocycles. The number of carbonyl (C=O) groups is 1. The average molecular weight is 403 g/mol. The largest absolute Gasteiger partial charge is 0.465 e. The molecule has 130 valence electrons. The molecule has 0 bridgehead atoms. The molecule has 2 heterocycles. The molecule has 5 heteroatoms. The lowest BCUT2D eigenvalue weighted by Crippen LogP contribution is -2.24. The van der Waals surface area contributed by atoms with Crippen LogP contribution in [0, 0.1) is 0 Å². The summed E-state index contributed by atoms with van der Waals surface area (Å²) in [6.07, 6.45) is 2.45. The molecule has 25 heavy (non-hydrogen) atoms. The highest BCUT2D eigenvalue weighted by Crippen LogP contribution is 2.41. The van der Waals surface area contributed by atoms with Crippen LogP contribution in [0.25, 0.3) is 0 Å². The van der Waals surface area contributed by atoms with Crippen molar-refractivity contribution in [2.75, 3.05) is 6.61 Å². The Bertz CT molecular complexity index is 735. The fourth-order valence-electron chi connectivity index (χ4n) is 3.04. The predicted molar refractivity (Wildman–Crippen MR) is 96.7 cm³/mol. The molecule has 0 aromatic heterocycles. The lowest BCUT2D eigenvalue weighted by molar-refractivity contribution is -0.105. The first-order valence-corrected chi connectivity index (χ1v) is 9.33. The third kappa shape index (κ3) is 3.94. The average Bonchev–Trinajstić information content (AvgIpc) is 3.44. The molecule has 0 N–H and O–H groups in total. The Kier molecular flexibility index (Phi) is 4.88. The second-order valence-electron chi connectivity index (χ2n) is 6.33. The maximum absolute atomic E-state index is 12.5. The summed E-state index contributed by atoms with van der Waals surface area (Å²) in [5.41, 5.74) is 1.66. The number of halogens is 1. The minimum absolute atomic E-state index is 0.0217. The molecule has 0 aliphatic carbocycles. The zero-order valence-electron chi connectivity index (χ0n) is 13.7. The highest BCUT2D eigenvalue weighted by atomic mass is 79.9. The van der Waals surface area contributed by atoms with Gasteiger partial charge in [-0.3, -0.25) is 4.79 Å². The number of hydrogen-bond acceptors (Lipinski definition) is 4. The van der Waals surface area contributed by atoms with Crippen LogP contribution in [0.3, 0.4) is 0 Å². The molecule has 2 aliphatic rings. The van der Waals surface area contributed by atoms with Crippen LogP contribution in [0.1, 0.15) is 41.3 Å². The molecule has 3 atom stereocenters. The van der Waals surface area contributed by atoms with Crippen LogP contribution in [0.5, 0.6) is 5.75 Å². The number of rotatable bonds is 5. The second-order valence-corrected chi connectivity index (χ2v) is 7.25. The molecule has 4 rings (SSSR count). The highest BCUT2D eigenvalue weighted by Gasteiger charge is 2.46. The SMILES string of the molecule is O=C(c1ccc(Br)cc1)C1OC1c1ccc(OC2CCCCO2)cc1. The Hall–Kier alpha value is -1.69. The van der Waals surface area contributed by atoms with Gasteiger partial charge in [-0.05, 0) is 42.7 Å². The smallest absolute Gasteiger partial charge is 0.199 e. The van der Waals surface area contributed by atoms with E-state index in [1.807, 2.05) is 48.5 Å². The maximum Gasteiger partial charge on any atom is 0.199 e. The van der Waals surface area contributed by atoms with Gasteiger partial charge in [-0.1, -0.05) is 40.2 Å². The van der Waals surface area contributed by atoms with E-state index in [2.05, 4.69) is 15.9 Å². The minimum Gasteiger partial charge on any atom is -0.465 e. The molecule has 3 unspecified atom stereocenters. The number of benzene rings is 2. The van der Waals surface area contributed by atoms with Crippen molar-refractivity contribution >= 4 is 21.7 Å². The maximum atomic E-state index is 12.5. The third-order valence-corrected chi connectivity index (χ3v) is 5.02. The number of ketones is 1. The fourth-order valence-corrected chi connectivity index (χ4v) is 3.30. The second kappa shape index (κ2) is 7.28. The quantitative estimate of drug-likeness (QED) is 0.538. The Morgan fingerprint density at radius 1 is 1.04 bits per heavy atom. The molecule has 4 nitrogen and oxygen atoms in total. The zero-order valence-corrected chi connectivity index (χ0v) is 15.3. The van der Waals surface area contributed by atoms with E-state index in [4.69, 9.17) is 14.2 Å². The molecule has 0 radical (unpaired) electrons. The van der Waals surface area contributed by atoms with Crippen LogP contribution in [-0.4, -0.2) is 24.8 Å². The minimum atomic E-state index is -0.394. The normalized spacial score (nSPS) is 25.4. The van der Waals surface area contributed by atoms with Gasteiger partial charge in [-0.25, -0.2) is 0 Å². The van der Waals surface area contributed by atoms with Crippen molar-refractivity contribution in [1.82, 2.24) is 0 Å². The van der Waals surface area contributed by atoms with Crippen molar-refractivity contribution in [2.45, 2.75) is 37.8 Å². The Balaban J connectivity index is 1.36. The van der Waals surface area contributed by atoms with Crippen LogP contribution in [-0.2, 0) is 9.47 Å². The lowest BCUT2D eigenvalue weighted by Gasteiger charge is -2.23. The van der Waals surface area contributed by atoms with Gasteiger partial charge in [0, 0.05) is 16.5 Å². The number of epoxide rings is 1. The summed E-state index contributed by atoms with van der Waals surface area (Å²) in [6.45, 7) is 0.762. The summed E-state index contributed by atoms with van der Waals surface area (Å²) in [5.74, 6) is 0.806. The van der Waals surface area contributed by atoms with Crippen molar-refractivity contribution in [3.63, 3.8) is 0 Å². The Morgan fingerprint density at radius 3 is 2.48 bits per heavy atom. The Labute approximate surface area is 155 Å². The van der Waals surface area contributed by atoms with Gasteiger partial charge in [-0.2, -0.15) is 0 Å². The molecular weight excluding hydrogens is 384 g/mol. The summed E-state index contributed by atoms with van der Waals surface area (Å²) in [4.78, 5) is 12.5. The summed E-state index contributed by atoms with van der Waals surface area (Å²) in [6, 6.07) is 15.1. The van der Waals surface area contributed by atoms with E-state index in [-0.39, 0.29) is 18.2 Å². The van der Waals surface area contributed by atoms with Crippen molar-refractivity contribution < 1.29 is 19.0 Å². The van der Waals surface area contributed by atoms with Gasteiger partial charge >= 0.3 is 0 Å². The van der Waals surface area contributed by atoms with Crippen LogP contribution >= 0.6 is 15.9 Å². The summed E-state index contributed by atoms with van der Waals surface area (Å²) in [5, 5.41) is 0. The molecule has 0 spiro atoms. The van der Waals surface area contributed by atoms with E-state index in [1.165, 1.54) is 0 Å². The van der Waals surface area contributed by atoms with Gasteiger partial charge in [0.1, 0.15) is 11.9 Å². The molecule has 0 saturated carbocycles. The van der Waals surface area contributed by atoms with E-state index in [9.17, 15) is 4.79 Å². The monoisotopic (exact) mass is 402 g/mol. The third-order valence-electron chi connectivity index (χ3n) is 4.49. The zero-order chi connectivity index (χ0) is 17.2. The fraction of sp³-hybridized carbons (Fsp3) is 0.350. The van der Waals surface area contributed by atoms with Crippen LogP contribution in [0.2, 0.25) is 0 Å².